The number of nitrogens with two attached hydrogens (primary N) is 1. The minimum Gasteiger partial charge on any atom is -0.338 e. The number of anilines is 1. The molecule has 4 N–H and O–H groups in total. The van der Waals surface area contributed by atoms with Gasteiger partial charge in [-0.15, -0.1) is 0 Å². The van der Waals surface area contributed by atoms with Gasteiger partial charge in [0, 0.05) is 18.9 Å². The van der Waals surface area contributed by atoms with Crippen molar-refractivity contribution in [3.63, 3.8) is 0 Å². The molecule has 1 heterocycles. The van der Waals surface area contributed by atoms with E-state index in [9.17, 15) is 26.4 Å². The molecule has 164 valence electrons. The molecule has 2 amide bonds. The van der Waals surface area contributed by atoms with Crippen LogP contribution in [0.25, 0.3) is 5.69 Å². The molecule has 1 aromatic heterocycles. The van der Waals surface area contributed by atoms with Crippen LogP contribution >= 0.6 is 0 Å². The van der Waals surface area contributed by atoms with Crippen molar-refractivity contribution in [2.75, 3.05) is 11.9 Å². The van der Waals surface area contributed by atoms with Gasteiger partial charge < -0.3 is 10.6 Å². The highest BCUT2D eigenvalue weighted by atomic mass is 32.2. The highest BCUT2D eigenvalue weighted by Gasteiger charge is 2.31. The lowest BCUT2D eigenvalue weighted by molar-refractivity contribution is -0.137. The highest BCUT2D eigenvalue weighted by molar-refractivity contribution is 7.89. The summed E-state index contributed by atoms with van der Waals surface area (Å²) < 4.78 is 63.1. The number of nitrogens with zero attached hydrogens (tertiary/aromatic N) is 2. The molecule has 0 spiro atoms. The predicted molar refractivity (Wildman–Crippen MR) is 107 cm³/mol. The minimum absolute atomic E-state index is 0.0300. The number of rotatable bonds is 6. The molecule has 0 saturated heterocycles. The predicted octanol–water partition coefficient (Wildman–Crippen LogP) is 2.90. The smallest absolute Gasteiger partial charge is 0.338 e. The molecular formula is C19H18F3N5O3S. The van der Waals surface area contributed by atoms with E-state index >= 15 is 0 Å². The Bertz CT molecular complexity index is 1160. The number of halogens is 3. The van der Waals surface area contributed by atoms with Gasteiger partial charge in [-0.1, -0.05) is 12.1 Å². The lowest BCUT2D eigenvalue weighted by Crippen LogP contribution is -2.31. The van der Waals surface area contributed by atoms with Crippen molar-refractivity contribution in [1.82, 2.24) is 15.1 Å². The fourth-order valence-corrected chi connectivity index (χ4v) is 3.27. The Morgan fingerprint density at radius 1 is 1.13 bits per heavy atom. The third-order valence-corrected chi connectivity index (χ3v) is 5.20. The van der Waals surface area contributed by atoms with Crippen LogP contribution in [0.2, 0.25) is 0 Å². The second kappa shape index (κ2) is 8.78. The van der Waals surface area contributed by atoms with Crippen molar-refractivity contribution < 1.29 is 26.4 Å². The normalized spacial score (nSPS) is 11.9. The van der Waals surface area contributed by atoms with Gasteiger partial charge in [0.1, 0.15) is 0 Å². The molecule has 0 radical (unpaired) electrons. The number of primary sulfonamides is 1. The summed E-state index contributed by atoms with van der Waals surface area (Å²) in [6.07, 6.45) is -1.20. The lowest BCUT2D eigenvalue weighted by Gasteiger charge is -2.15. The number of benzene rings is 2. The number of nitrogens with one attached hydrogen (secondary N) is 2. The maximum atomic E-state index is 13.1. The zero-order valence-electron chi connectivity index (χ0n) is 15.9. The first-order valence-corrected chi connectivity index (χ1v) is 10.5. The van der Waals surface area contributed by atoms with Crippen molar-refractivity contribution in [1.29, 1.82) is 0 Å². The Morgan fingerprint density at radius 3 is 2.42 bits per heavy atom. The molecule has 0 aliphatic carbocycles. The molecule has 3 rings (SSSR count). The molecule has 0 saturated carbocycles. The summed E-state index contributed by atoms with van der Waals surface area (Å²) in [5.74, 6) is 0. The summed E-state index contributed by atoms with van der Waals surface area (Å²) in [6, 6.07) is 9.68. The summed E-state index contributed by atoms with van der Waals surface area (Å²) in [6.45, 7) is 0.163. The number of carbonyl (C=O) groups excluding carboxylic acids is 1. The van der Waals surface area contributed by atoms with Crippen LogP contribution in [-0.2, 0) is 22.6 Å². The average Bonchev–Trinajstić information content (AvgIpc) is 3.21. The topological polar surface area (TPSA) is 119 Å². The molecule has 12 heteroatoms. The molecule has 0 unspecified atom stereocenters. The first kappa shape index (κ1) is 22.3. The zero-order chi connectivity index (χ0) is 22.6. The van der Waals surface area contributed by atoms with Crippen molar-refractivity contribution in [2.24, 2.45) is 5.14 Å². The number of alkyl halides is 3. The van der Waals surface area contributed by atoms with E-state index in [0.717, 1.165) is 17.7 Å². The maximum absolute atomic E-state index is 13.1. The van der Waals surface area contributed by atoms with E-state index in [0.29, 0.717) is 6.42 Å². The Morgan fingerprint density at radius 2 is 1.84 bits per heavy atom. The van der Waals surface area contributed by atoms with Crippen LogP contribution in [0, 0.1) is 0 Å². The Balaban J connectivity index is 1.67. The Hall–Kier alpha value is -3.38. The van der Waals surface area contributed by atoms with E-state index in [4.69, 9.17) is 5.14 Å². The third kappa shape index (κ3) is 5.83. The van der Waals surface area contributed by atoms with E-state index in [1.165, 1.54) is 35.3 Å². The first-order chi connectivity index (χ1) is 14.5. The molecule has 2 aromatic carbocycles. The van der Waals surface area contributed by atoms with Crippen molar-refractivity contribution >= 4 is 21.7 Å². The van der Waals surface area contributed by atoms with Gasteiger partial charge in [-0.2, -0.15) is 18.3 Å². The van der Waals surface area contributed by atoms with Crippen LogP contribution < -0.4 is 15.8 Å². The summed E-state index contributed by atoms with van der Waals surface area (Å²) in [4.78, 5) is 12.2. The molecule has 31 heavy (non-hydrogen) atoms. The van der Waals surface area contributed by atoms with Crippen molar-refractivity contribution in [3.8, 4) is 5.69 Å². The monoisotopic (exact) mass is 453 g/mol. The Kier molecular flexibility index (Phi) is 6.32. The zero-order valence-corrected chi connectivity index (χ0v) is 16.7. The second-order valence-corrected chi connectivity index (χ2v) is 8.06. The molecule has 8 nitrogen and oxygen atoms in total. The quantitative estimate of drug-likeness (QED) is 0.532. The number of hydrogen-bond acceptors (Lipinski definition) is 4. The molecule has 0 fully saturated rings. The SMILES string of the molecule is NS(=O)(=O)c1ccc(CCNC(=O)Nc2cc(C(F)(F)F)ccc2-n2cccn2)cc1. The third-order valence-electron chi connectivity index (χ3n) is 4.27. The van der Waals surface area contributed by atoms with E-state index in [1.807, 2.05) is 0 Å². The van der Waals surface area contributed by atoms with Gasteiger partial charge in [0.15, 0.2) is 0 Å². The van der Waals surface area contributed by atoms with Crippen LogP contribution in [-0.4, -0.2) is 30.8 Å². The first-order valence-electron chi connectivity index (χ1n) is 8.92. The molecule has 0 bridgehead atoms. The van der Waals surface area contributed by atoms with Crippen LogP contribution in [0.1, 0.15) is 11.1 Å². The molecule has 0 atom stereocenters. The summed E-state index contributed by atoms with van der Waals surface area (Å²) in [5.41, 5.74) is 0.0397. The number of aromatic nitrogens is 2. The van der Waals surface area contributed by atoms with E-state index in [-0.39, 0.29) is 22.8 Å². The van der Waals surface area contributed by atoms with Gasteiger partial charge in [-0.3, -0.25) is 0 Å². The molecule has 0 aliphatic heterocycles. The highest BCUT2D eigenvalue weighted by Crippen LogP contribution is 2.33. The summed E-state index contributed by atoms with van der Waals surface area (Å²) in [5, 5.41) is 14.0. The number of amides is 2. The van der Waals surface area contributed by atoms with Crippen LogP contribution in [0.15, 0.2) is 65.8 Å². The number of sulfonamides is 1. The van der Waals surface area contributed by atoms with Crippen LogP contribution in [0.5, 0.6) is 0 Å². The summed E-state index contributed by atoms with van der Waals surface area (Å²) >= 11 is 0. The van der Waals surface area contributed by atoms with Crippen molar-refractivity contribution in [2.45, 2.75) is 17.5 Å². The standard InChI is InChI=1S/C19H18F3N5O3S/c20-19(21,22)14-4-7-17(27-11-1-9-25-27)16(12-14)26-18(28)24-10-8-13-2-5-15(6-3-13)31(23,29)30/h1-7,9,11-12H,8,10H2,(H2,23,29,30)(H2,24,26,28). The second-order valence-electron chi connectivity index (χ2n) is 6.50. The largest absolute Gasteiger partial charge is 0.416 e. The number of carbonyl (C=O) groups is 1. The average molecular weight is 453 g/mol. The number of hydrogen-bond donors (Lipinski definition) is 3. The van der Waals surface area contributed by atoms with E-state index in [1.54, 1.807) is 18.2 Å². The molecular weight excluding hydrogens is 435 g/mol. The van der Waals surface area contributed by atoms with E-state index < -0.39 is 27.8 Å². The van der Waals surface area contributed by atoms with Gasteiger partial charge in [0.25, 0.3) is 0 Å². The van der Waals surface area contributed by atoms with E-state index in [2.05, 4.69) is 15.7 Å². The number of urea groups is 1. The van der Waals surface area contributed by atoms with Crippen LogP contribution in [0.3, 0.4) is 0 Å². The molecule has 3 aromatic rings. The van der Waals surface area contributed by atoms with Crippen molar-refractivity contribution in [3.05, 3.63) is 72.1 Å². The fraction of sp³-hybridized carbons (Fsp3) is 0.158. The van der Waals surface area contributed by atoms with Crippen LogP contribution in [0.4, 0.5) is 23.7 Å². The van der Waals surface area contributed by atoms with Gasteiger partial charge in [0.05, 0.1) is 21.8 Å². The minimum atomic E-state index is -4.57. The van der Waals surface area contributed by atoms with Gasteiger partial charge in [-0.05, 0) is 48.4 Å². The van der Waals surface area contributed by atoms with Gasteiger partial charge >= 0.3 is 12.2 Å². The Labute approximate surface area is 175 Å². The van der Waals surface area contributed by atoms with Gasteiger partial charge in [0.2, 0.25) is 10.0 Å². The summed E-state index contributed by atoms with van der Waals surface area (Å²) in [7, 11) is -3.79. The van der Waals surface area contributed by atoms with Gasteiger partial charge in [-0.25, -0.2) is 23.0 Å². The maximum Gasteiger partial charge on any atom is 0.416 e. The fourth-order valence-electron chi connectivity index (χ4n) is 2.76. The lowest BCUT2D eigenvalue weighted by atomic mass is 10.1. The molecule has 0 aliphatic rings.